The molecule has 1 aromatic carbocycles. The third kappa shape index (κ3) is 5.42. The Balaban J connectivity index is 0.00000324. The van der Waals surface area contributed by atoms with Crippen LogP contribution in [0.5, 0.6) is 5.75 Å². The molecular weight excluding hydrogens is 275 g/mol. The highest BCUT2D eigenvalue weighted by molar-refractivity contribution is 5.85. The van der Waals surface area contributed by atoms with Crippen molar-refractivity contribution < 1.29 is 18.7 Å². The van der Waals surface area contributed by atoms with Gasteiger partial charge in [-0.15, -0.1) is 12.4 Å². The maximum Gasteiger partial charge on any atom is 0.239 e. The molecule has 7 heteroatoms. The average Bonchev–Trinajstić information content (AvgIpc) is 2.36. The van der Waals surface area contributed by atoms with Crippen molar-refractivity contribution in [2.75, 3.05) is 20.8 Å². The summed E-state index contributed by atoms with van der Waals surface area (Å²) in [5.74, 6) is -0.639. The van der Waals surface area contributed by atoms with Gasteiger partial charge in [-0.05, 0) is 17.7 Å². The van der Waals surface area contributed by atoms with E-state index in [0.717, 1.165) is 0 Å². The number of hydrogen-bond donors (Lipinski definition) is 2. The Morgan fingerprint density at radius 3 is 2.68 bits per heavy atom. The summed E-state index contributed by atoms with van der Waals surface area (Å²) in [6, 6.07) is 3.76. The number of amides is 1. The molecule has 0 radical (unpaired) electrons. The van der Waals surface area contributed by atoms with E-state index < -0.39 is 11.9 Å². The number of ether oxygens (including phenoxy) is 2. The molecular formula is C12H18ClFN2O3. The van der Waals surface area contributed by atoms with Gasteiger partial charge in [0.2, 0.25) is 5.91 Å². The van der Waals surface area contributed by atoms with Gasteiger partial charge in [-0.25, -0.2) is 4.39 Å². The van der Waals surface area contributed by atoms with E-state index >= 15 is 0 Å². The Morgan fingerprint density at radius 1 is 1.47 bits per heavy atom. The van der Waals surface area contributed by atoms with Crippen LogP contribution >= 0.6 is 12.4 Å². The summed E-state index contributed by atoms with van der Waals surface area (Å²) in [5.41, 5.74) is 6.17. The molecule has 0 heterocycles. The molecule has 0 spiro atoms. The minimum atomic E-state index is -0.724. The number of hydrogen-bond acceptors (Lipinski definition) is 4. The first-order valence-electron chi connectivity index (χ1n) is 5.43. The molecule has 0 fully saturated rings. The van der Waals surface area contributed by atoms with Gasteiger partial charge < -0.3 is 20.5 Å². The highest BCUT2D eigenvalue weighted by Gasteiger charge is 2.12. The summed E-state index contributed by atoms with van der Waals surface area (Å²) in [6.07, 6.45) is 0. The van der Waals surface area contributed by atoms with Crippen LogP contribution in [0.2, 0.25) is 0 Å². The molecule has 1 rings (SSSR count). The second-order valence-electron chi connectivity index (χ2n) is 3.75. The first kappa shape index (κ1) is 17.6. The first-order chi connectivity index (χ1) is 8.58. The van der Waals surface area contributed by atoms with Gasteiger partial charge in [0.05, 0.1) is 13.7 Å². The molecule has 0 aliphatic heterocycles. The summed E-state index contributed by atoms with van der Waals surface area (Å²) in [7, 11) is 2.86. The molecule has 1 aromatic rings. The standard InChI is InChI=1S/C12H17FN2O3.ClH/c1-17-7-10(14)12(16)15-6-8-3-4-11(18-2)9(13)5-8;/h3-5,10H,6-7,14H2,1-2H3,(H,15,16);1H. The van der Waals surface area contributed by atoms with E-state index in [1.165, 1.54) is 26.4 Å². The molecule has 1 amide bonds. The Labute approximate surface area is 117 Å². The van der Waals surface area contributed by atoms with Crippen molar-refractivity contribution in [3.05, 3.63) is 29.6 Å². The second-order valence-corrected chi connectivity index (χ2v) is 3.75. The van der Waals surface area contributed by atoms with Crippen LogP contribution in [0.25, 0.3) is 0 Å². The highest BCUT2D eigenvalue weighted by atomic mass is 35.5. The van der Waals surface area contributed by atoms with Crippen LogP contribution in [-0.2, 0) is 16.1 Å². The zero-order valence-corrected chi connectivity index (χ0v) is 11.6. The number of benzene rings is 1. The molecule has 19 heavy (non-hydrogen) atoms. The van der Waals surface area contributed by atoms with Crippen LogP contribution in [0, 0.1) is 5.82 Å². The minimum absolute atomic E-state index is 0. The van der Waals surface area contributed by atoms with E-state index in [1.807, 2.05) is 0 Å². The number of carbonyl (C=O) groups is 1. The molecule has 1 atom stereocenters. The van der Waals surface area contributed by atoms with Crippen LogP contribution in [0.15, 0.2) is 18.2 Å². The fourth-order valence-electron chi connectivity index (χ4n) is 1.40. The fourth-order valence-corrected chi connectivity index (χ4v) is 1.40. The predicted octanol–water partition coefficient (Wildman–Crippen LogP) is 0.846. The zero-order chi connectivity index (χ0) is 13.5. The quantitative estimate of drug-likeness (QED) is 0.815. The predicted molar refractivity (Wildman–Crippen MR) is 71.9 cm³/mol. The lowest BCUT2D eigenvalue weighted by Gasteiger charge is -2.11. The lowest BCUT2D eigenvalue weighted by atomic mass is 10.2. The van der Waals surface area contributed by atoms with Crippen molar-refractivity contribution in [2.24, 2.45) is 5.73 Å². The van der Waals surface area contributed by atoms with Gasteiger partial charge in [0, 0.05) is 13.7 Å². The van der Waals surface area contributed by atoms with Gasteiger partial charge in [-0.1, -0.05) is 6.07 Å². The number of carbonyl (C=O) groups excluding carboxylic acids is 1. The summed E-state index contributed by atoms with van der Waals surface area (Å²) in [4.78, 5) is 11.5. The number of methoxy groups -OCH3 is 2. The van der Waals surface area contributed by atoms with Crippen molar-refractivity contribution >= 4 is 18.3 Å². The molecule has 0 aliphatic carbocycles. The maximum atomic E-state index is 13.4. The fraction of sp³-hybridized carbons (Fsp3) is 0.417. The zero-order valence-electron chi connectivity index (χ0n) is 10.8. The molecule has 1 unspecified atom stereocenters. The monoisotopic (exact) mass is 292 g/mol. The smallest absolute Gasteiger partial charge is 0.239 e. The lowest BCUT2D eigenvalue weighted by Crippen LogP contribution is -2.43. The Hall–Kier alpha value is -1.37. The van der Waals surface area contributed by atoms with Crippen LogP contribution in [0.1, 0.15) is 5.56 Å². The minimum Gasteiger partial charge on any atom is -0.494 e. The second kappa shape index (κ2) is 8.68. The normalized spacial score (nSPS) is 11.4. The molecule has 5 nitrogen and oxygen atoms in total. The summed E-state index contributed by atoms with van der Waals surface area (Å²) < 4.78 is 22.9. The van der Waals surface area contributed by atoms with Crippen LogP contribution < -0.4 is 15.8 Å². The van der Waals surface area contributed by atoms with E-state index in [1.54, 1.807) is 6.07 Å². The van der Waals surface area contributed by atoms with Gasteiger partial charge >= 0.3 is 0 Å². The Morgan fingerprint density at radius 2 is 2.16 bits per heavy atom. The van der Waals surface area contributed by atoms with E-state index in [2.05, 4.69) is 5.32 Å². The average molecular weight is 293 g/mol. The Bertz CT molecular complexity index is 418. The number of rotatable bonds is 6. The largest absolute Gasteiger partial charge is 0.494 e. The summed E-state index contributed by atoms with van der Waals surface area (Å²) in [5, 5.41) is 2.60. The van der Waals surface area contributed by atoms with E-state index in [4.69, 9.17) is 15.2 Å². The maximum absolute atomic E-state index is 13.4. The van der Waals surface area contributed by atoms with Crippen molar-refractivity contribution in [3.63, 3.8) is 0 Å². The molecule has 108 valence electrons. The molecule has 0 saturated heterocycles. The van der Waals surface area contributed by atoms with Gasteiger partial charge in [-0.3, -0.25) is 4.79 Å². The molecule has 0 aliphatic rings. The van der Waals surface area contributed by atoms with Gasteiger partial charge in [0.15, 0.2) is 11.6 Å². The van der Waals surface area contributed by atoms with Crippen molar-refractivity contribution in [1.82, 2.24) is 5.32 Å². The highest BCUT2D eigenvalue weighted by Crippen LogP contribution is 2.17. The van der Waals surface area contributed by atoms with Crippen LogP contribution in [-0.4, -0.2) is 32.8 Å². The molecule has 0 saturated carbocycles. The van der Waals surface area contributed by atoms with Crippen LogP contribution in [0.3, 0.4) is 0 Å². The number of nitrogens with one attached hydrogen (secondary N) is 1. The van der Waals surface area contributed by atoms with Gasteiger partial charge in [0.25, 0.3) is 0 Å². The van der Waals surface area contributed by atoms with E-state index in [0.29, 0.717) is 5.56 Å². The van der Waals surface area contributed by atoms with Crippen molar-refractivity contribution in [3.8, 4) is 5.75 Å². The molecule has 3 N–H and O–H groups in total. The number of nitrogens with two attached hydrogens (primary N) is 1. The number of halogens is 2. The summed E-state index contributed by atoms with van der Waals surface area (Å²) >= 11 is 0. The third-order valence-corrected chi connectivity index (χ3v) is 2.37. The van der Waals surface area contributed by atoms with E-state index in [9.17, 15) is 9.18 Å². The van der Waals surface area contributed by atoms with Crippen LogP contribution in [0.4, 0.5) is 4.39 Å². The van der Waals surface area contributed by atoms with E-state index in [-0.39, 0.29) is 37.2 Å². The first-order valence-corrected chi connectivity index (χ1v) is 5.43. The topological polar surface area (TPSA) is 73.6 Å². The van der Waals surface area contributed by atoms with Gasteiger partial charge in [-0.2, -0.15) is 0 Å². The molecule has 0 aromatic heterocycles. The Kier molecular flexibility index (Phi) is 8.06. The molecule has 0 bridgehead atoms. The van der Waals surface area contributed by atoms with Crippen molar-refractivity contribution in [1.29, 1.82) is 0 Å². The van der Waals surface area contributed by atoms with Crippen molar-refractivity contribution in [2.45, 2.75) is 12.6 Å². The third-order valence-electron chi connectivity index (χ3n) is 2.37. The lowest BCUT2D eigenvalue weighted by molar-refractivity contribution is -0.123. The SMILES string of the molecule is COCC(N)C(=O)NCc1ccc(OC)c(F)c1.Cl. The van der Waals surface area contributed by atoms with Gasteiger partial charge in [0.1, 0.15) is 6.04 Å². The summed E-state index contributed by atoms with van der Waals surface area (Å²) in [6.45, 7) is 0.347.